The van der Waals surface area contributed by atoms with Crippen LogP contribution in [-0.4, -0.2) is 26.2 Å². The number of ether oxygens (including phenoxy) is 3. The Bertz CT molecular complexity index is 1090. The lowest BCUT2D eigenvalue weighted by Crippen LogP contribution is -2.15. The van der Waals surface area contributed by atoms with Crippen LogP contribution in [0.25, 0.3) is 21.9 Å². The molecular weight excluding hydrogens is 356 g/mol. The van der Waals surface area contributed by atoms with Gasteiger partial charge in [0.15, 0.2) is 0 Å². The number of hydrogen-bond acceptors (Lipinski definition) is 5. The van der Waals surface area contributed by atoms with E-state index in [1.54, 1.807) is 24.3 Å². The summed E-state index contributed by atoms with van der Waals surface area (Å²) in [6.07, 6.45) is 0. The predicted octanol–water partition coefficient (Wildman–Crippen LogP) is 4.84. The summed E-state index contributed by atoms with van der Waals surface area (Å²) in [4.78, 5) is 25.0. The Kier molecular flexibility index (Phi) is 3.81. The van der Waals surface area contributed by atoms with E-state index in [0.29, 0.717) is 38.4 Å². The number of methoxy groups -OCH3 is 2. The minimum absolute atomic E-state index is 0.0950. The number of carbonyl (C=O) groups is 2. The van der Waals surface area contributed by atoms with Gasteiger partial charge in [0.25, 0.3) is 0 Å². The van der Waals surface area contributed by atoms with E-state index in [0.717, 1.165) is 0 Å². The Labute approximate surface area is 154 Å². The van der Waals surface area contributed by atoms with Crippen LogP contribution < -0.4 is 4.74 Å². The first-order chi connectivity index (χ1) is 12.6. The molecule has 0 N–H and O–H groups in total. The number of rotatable bonds is 2. The van der Waals surface area contributed by atoms with Crippen molar-refractivity contribution in [1.29, 1.82) is 0 Å². The molecule has 0 fully saturated rings. The standard InChI is InChI=1S/C20H13ClO5/c1-24-19(22)12-9-11-13(21)7-8-15-16(11)17(18(12)20(23)25-2)10-5-3-4-6-14(10)26-15/h3-9H,1-2H3. The number of benzene rings is 3. The molecular formula is C20H13ClO5. The summed E-state index contributed by atoms with van der Waals surface area (Å²) in [5, 5.41) is 1.69. The molecule has 0 aliphatic carbocycles. The first-order valence-electron chi connectivity index (χ1n) is 7.80. The van der Waals surface area contributed by atoms with Crippen LogP contribution in [0.15, 0.2) is 42.5 Å². The number of para-hydroxylation sites is 1. The third-order valence-corrected chi connectivity index (χ3v) is 4.71. The van der Waals surface area contributed by atoms with Crippen molar-refractivity contribution >= 4 is 34.3 Å². The second kappa shape index (κ2) is 6.04. The maximum Gasteiger partial charge on any atom is 0.339 e. The van der Waals surface area contributed by atoms with Crippen molar-refractivity contribution in [3.8, 4) is 22.6 Å². The smallest absolute Gasteiger partial charge is 0.339 e. The fraction of sp³-hybridized carbons (Fsp3) is 0.100. The zero-order valence-corrected chi connectivity index (χ0v) is 14.7. The Hall–Kier alpha value is -3.05. The highest BCUT2D eigenvalue weighted by Crippen LogP contribution is 2.50. The van der Waals surface area contributed by atoms with Crippen molar-refractivity contribution in [1.82, 2.24) is 0 Å². The van der Waals surface area contributed by atoms with Crippen LogP contribution in [0.2, 0.25) is 5.02 Å². The Morgan fingerprint density at radius 1 is 0.962 bits per heavy atom. The van der Waals surface area contributed by atoms with E-state index in [2.05, 4.69) is 0 Å². The van der Waals surface area contributed by atoms with Crippen molar-refractivity contribution in [2.45, 2.75) is 0 Å². The summed E-state index contributed by atoms with van der Waals surface area (Å²) in [7, 11) is 2.53. The second-order valence-corrected chi connectivity index (χ2v) is 6.13. The SMILES string of the molecule is COC(=O)c1cc2c(Cl)ccc3c2c(c1C(=O)OC)-c1ccccc1O3. The number of hydrogen-bond donors (Lipinski definition) is 0. The molecule has 130 valence electrons. The summed E-state index contributed by atoms with van der Waals surface area (Å²) >= 11 is 6.37. The lowest BCUT2D eigenvalue weighted by atomic mass is 9.87. The average molecular weight is 369 g/mol. The fourth-order valence-corrected chi connectivity index (χ4v) is 3.48. The van der Waals surface area contributed by atoms with Gasteiger partial charge in [-0.3, -0.25) is 0 Å². The van der Waals surface area contributed by atoms with Gasteiger partial charge in [-0.2, -0.15) is 0 Å². The molecule has 1 heterocycles. The molecule has 4 rings (SSSR count). The summed E-state index contributed by atoms with van der Waals surface area (Å²) in [5.41, 5.74) is 1.45. The van der Waals surface area contributed by atoms with E-state index in [-0.39, 0.29) is 11.1 Å². The highest BCUT2D eigenvalue weighted by Gasteiger charge is 2.31. The molecule has 0 spiro atoms. The molecule has 0 saturated heterocycles. The van der Waals surface area contributed by atoms with Crippen LogP contribution in [0.4, 0.5) is 0 Å². The van der Waals surface area contributed by atoms with Gasteiger partial charge in [0.1, 0.15) is 11.5 Å². The van der Waals surface area contributed by atoms with Crippen molar-refractivity contribution in [2.75, 3.05) is 14.2 Å². The largest absolute Gasteiger partial charge is 0.465 e. The molecule has 0 unspecified atom stereocenters. The Morgan fingerprint density at radius 3 is 2.42 bits per heavy atom. The molecule has 26 heavy (non-hydrogen) atoms. The normalized spacial score (nSPS) is 11.5. The first kappa shape index (κ1) is 16.4. The van der Waals surface area contributed by atoms with Crippen LogP contribution in [0, 0.1) is 0 Å². The molecule has 3 aromatic rings. The van der Waals surface area contributed by atoms with Gasteiger partial charge in [-0.05, 0) is 24.3 Å². The van der Waals surface area contributed by atoms with Crippen molar-refractivity contribution in [2.24, 2.45) is 0 Å². The summed E-state index contributed by atoms with van der Waals surface area (Å²) in [5.74, 6) is -0.144. The molecule has 0 atom stereocenters. The maximum absolute atomic E-state index is 12.6. The minimum atomic E-state index is -0.644. The van der Waals surface area contributed by atoms with Gasteiger partial charge in [0.2, 0.25) is 0 Å². The number of halogens is 1. The third kappa shape index (κ3) is 2.24. The molecule has 5 nitrogen and oxygen atoms in total. The quantitative estimate of drug-likeness (QED) is 0.474. The number of carbonyl (C=O) groups excluding carboxylic acids is 2. The molecule has 0 radical (unpaired) electrons. The first-order valence-corrected chi connectivity index (χ1v) is 8.17. The lowest BCUT2D eigenvalue weighted by molar-refractivity contribution is 0.0556. The molecule has 0 bridgehead atoms. The highest BCUT2D eigenvalue weighted by molar-refractivity contribution is 6.37. The van der Waals surface area contributed by atoms with Crippen molar-refractivity contribution in [3.05, 3.63) is 58.6 Å². The van der Waals surface area contributed by atoms with Crippen LogP contribution in [0.5, 0.6) is 11.5 Å². The summed E-state index contributed by atoms with van der Waals surface area (Å²) < 4.78 is 15.8. The molecule has 6 heteroatoms. The number of esters is 2. The molecule has 0 aromatic heterocycles. The highest BCUT2D eigenvalue weighted by atomic mass is 35.5. The van der Waals surface area contributed by atoms with E-state index in [1.165, 1.54) is 14.2 Å². The predicted molar refractivity (Wildman–Crippen MR) is 97.1 cm³/mol. The van der Waals surface area contributed by atoms with Crippen molar-refractivity contribution in [3.63, 3.8) is 0 Å². The Morgan fingerprint density at radius 2 is 1.69 bits per heavy atom. The Balaban J connectivity index is 2.26. The molecule has 3 aromatic carbocycles. The second-order valence-electron chi connectivity index (χ2n) is 5.72. The monoisotopic (exact) mass is 368 g/mol. The molecule has 0 saturated carbocycles. The van der Waals surface area contributed by atoms with Gasteiger partial charge < -0.3 is 14.2 Å². The van der Waals surface area contributed by atoms with E-state index in [9.17, 15) is 9.59 Å². The molecule has 0 amide bonds. The zero-order chi connectivity index (χ0) is 18.4. The van der Waals surface area contributed by atoms with Crippen molar-refractivity contribution < 1.29 is 23.8 Å². The fourth-order valence-electron chi connectivity index (χ4n) is 3.27. The maximum atomic E-state index is 12.6. The minimum Gasteiger partial charge on any atom is -0.465 e. The van der Waals surface area contributed by atoms with Gasteiger partial charge in [-0.1, -0.05) is 29.8 Å². The van der Waals surface area contributed by atoms with E-state index in [1.807, 2.05) is 18.2 Å². The third-order valence-electron chi connectivity index (χ3n) is 4.38. The van der Waals surface area contributed by atoms with Gasteiger partial charge in [-0.15, -0.1) is 0 Å². The summed E-state index contributed by atoms with van der Waals surface area (Å²) in [6.45, 7) is 0. The van der Waals surface area contributed by atoms with E-state index >= 15 is 0 Å². The van der Waals surface area contributed by atoms with E-state index < -0.39 is 11.9 Å². The van der Waals surface area contributed by atoms with E-state index in [4.69, 9.17) is 25.8 Å². The molecule has 1 aliphatic heterocycles. The van der Waals surface area contributed by atoms with Crippen LogP contribution in [-0.2, 0) is 9.47 Å². The van der Waals surface area contributed by atoms with Gasteiger partial charge in [0.05, 0.1) is 25.3 Å². The summed E-state index contributed by atoms with van der Waals surface area (Å²) in [6, 6.07) is 12.2. The van der Waals surface area contributed by atoms with Gasteiger partial charge >= 0.3 is 11.9 Å². The van der Waals surface area contributed by atoms with Gasteiger partial charge in [0, 0.05) is 26.9 Å². The van der Waals surface area contributed by atoms with Crippen LogP contribution >= 0.6 is 11.6 Å². The van der Waals surface area contributed by atoms with Crippen LogP contribution in [0.1, 0.15) is 20.7 Å². The number of fused-ring (bicyclic) bond motifs is 2. The lowest BCUT2D eigenvalue weighted by Gasteiger charge is -2.24. The topological polar surface area (TPSA) is 61.8 Å². The van der Waals surface area contributed by atoms with Crippen LogP contribution in [0.3, 0.4) is 0 Å². The molecule has 1 aliphatic rings. The zero-order valence-electron chi connectivity index (χ0n) is 14.0. The van der Waals surface area contributed by atoms with Gasteiger partial charge in [-0.25, -0.2) is 9.59 Å². The average Bonchev–Trinajstić information content (AvgIpc) is 2.68.